The number of amides is 1. The van der Waals surface area contributed by atoms with Crippen LogP contribution in [0.25, 0.3) is 10.9 Å². The third-order valence-corrected chi connectivity index (χ3v) is 4.60. The molecule has 0 unspecified atom stereocenters. The highest BCUT2D eigenvalue weighted by molar-refractivity contribution is 5.91. The molecule has 146 valence electrons. The van der Waals surface area contributed by atoms with Crippen LogP contribution in [0.3, 0.4) is 0 Å². The Kier molecular flexibility index (Phi) is 5.81. The Hall–Kier alpha value is -3.67. The zero-order chi connectivity index (χ0) is 19.9. The van der Waals surface area contributed by atoms with Crippen LogP contribution >= 0.6 is 0 Å². The molecule has 4 rings (SSSR count). The number of rotatable bonds is 8. The summed E-state index contributed by atoms with van der Waals surface area (Å²) >= 11 is 0. The molecule has 0 saturated carbocycles. The number of nitrogens with zero attached hydrogens (tertiary/aromatic N) is 3. The summed E-state index contributed by atoms with van der Waals surface area (Å²) in [6, 6.07) is 17.5. The van der Waals surface area contributed by atoms with E-state index in [1.807, 2.05) is 65.5 Å². The average molecular weight is 386 g/mol. The lowest BCUT2D eigenvalue weighted by Crippen LogP contribution is -2.12. The minimum Gasteiger partial charge on any atom is -0.492 e. The van der Waals surface area contributed by atoms with Crippen molar-refractivity contribution in [3.8, 4) is 5.75 Å². The van der Waals surface area contributed by atoms with Crippen LogP contribution < -0.4 is 10.1 Å². The van der Waals surface area contributed by atoms with E-state index in [-0.39, 0.29) is 5.91 Å². The molecule has 0 saturated heterocycles. The monoisotopic (exact) mass is 386 g/mol. The third-order valence-electron chi connectivity index (χ3n) is 4.60. The highest BCUT2D eigenvalue weighted by Crippen LogP contribution is 2.17. The van der Waals surface area contributed by atoms with Crippen molar-refractivity contribution in [1.82, 2.24) is 14.5 Å². The van der Waals surface area contributed by atoms with E-state index >= 15 is 0 Å². The number of benzene rings is 2. The molecule has 29 heavy (non-hydrogen) atoms. The Labute approximate surface area is 169 Å². The lowest BCUT2D eigenvalue weighted by atomic mass is 10.1. The van der Waals surface area contributed by atoms with Gasteiger partial charge in [0.05, 0.1) is 18.4 Å². The lowest BCUT2D eigenvalue weighted by molar-refractivity contribution is -0.116. The summed E-state index contributed by atoms with van der Waals surface area (Å²) in [5.41, 5.74) is 2.78. The Morgan fingerprint density at radius 1 is 1.10 bits per heavy atom. The highest BCUT2D eigenvalue weighted by Gasteiger charge is 2.05. The number of hydrogen-bond donors (Lipinski definition) is 1. The maximum atomic E-state index is 12.3. The summed E-state index contributed by atoms with van der Waals surface area (Å²) in [4.78, 5) is 20.7. The van der Waals surface area contributed by atoms with Crippen molar-refractivity contribution in [2.75, 3.05) is 11.9 Å². The third kappa shape index (κ3) is 5.19. The second kappa shape index (κ2) is 9.01. The molecular weight excluding hydrogens is 364 g/mol. The van der Waals surface area contributed by atoms with Crippen LogP contribution in [0.15, 0.2) is 79.5 Å². The minimum atomic E-state index is -0.0214. The molecular formula is C23H22N4O2. The first-order valence-corrected chi connectivity index (χ1v) is 9.58. The van der Waals surface area contributed by atoms with Gasteiger partial charge in [-0.2, -0.15) is 0 Å². The molecule has 6 heteroatoms. The fraction of sp³-hybridized carbons (Fsp3) is 0.174. The van der Waals surface area contributed by atoms with Gasteiger partial charge in [0, 0.05) is 36.1 Å². The van der Waals surface area contributed by atoms with Crippen molar-refractivity contribution in [1.29, 1.82) is 0 Å². The van der Waals surface area contributed by atoms with Crippen LogP contribution in [-0.4, -0.2) is 27.0 Å². The van der Waals surface area contributed by atoms with Crippen LogP contribution in [0, 0.1) is 0 Å². The van der Waals surface area contributed by atoms with E-state index < -0.39 is 0 Å². The molecule has 0 aliphatic heterocycles. The van der Waals surface area contributed by atoms with Crippen LogP contribution in [0.5, 0.6) is 5.75 Å². The van der Waals surface area contributed by atoms with Crippen LogP contribution in [-0.2, 0) is 17.8 Å². The first-order chi connectivity index (χ1) is 14.3. The number of nitrogens with one attached hydrogen (secondary N) is 1. The van der Waals surface area contributed by atoms with Crippen molar-refractivity contribution < 1.29 is 9.53 Å². The zero-order valence-corrected chi connectivity index (χ0v) is 16.0. The van der Waals surface area contributed by atoms with Gasteiger partial charge in [-0.1, -0.05) is 18.2 Å². The number of aromatic nitrogens is 3. The molecule has 0 bridgehead atoms. The van der Waals surface area contributed by atoms with Gasteiger partial charge in [-0.05, 0) is 48.4 Å². The molecule has 0 radical (unpaired) electrons. The largest absolute Gasteiger partial charge is 0.492 e. The van der Waals surface area contributed by atoms with Gasteiger partial charge in [-0.25, -0.2) is 4.98 Å². The normalized spacial score (nSPS) is 10.8. The van der Waals surface area contributed by atoms with E-state index in [0.717, 1.165) is 34.4 Å². The van der Waals surface area contributed by atoms with Crippen molar-refractivity contribution in [3.05, 3.63) is 85.1 Å². The number of aryl methyl sites for hydroxylation is 1. The number of carbonyl (C=O) groups excluding carboxylic acids is 1. The highest BCUT2D eigenvalue weighted by atomic mass is 16.5. The summed E-state index contributed by atoms with van der Waals surface area (Å²) in [6.07, 6.45) is 8.30. The summed E-state index contributed by atoms with van der Waals surface area (Å²) in [5.74, 6) is 0.747. The van der Waals surface area contributed by atoms with Gasteiger partial charge in [-0.3, -0.25) is 9.78 Å². The first kappa shape index (κ1) is 18.7. The molecule has 0 aliphatic carbocycles. The first-order valence-electron chi connectivity index (χ1n) is 9.58. The van der Waals surface area contributed by atoms with Gasteiger partial charge in [-0.15, -0.1) is 0 Å². The predicted octanol–water partition coefficient (Wildman–Crippen LogP) is 4.08. The predicted molar refractivity (Wildman–Crippen MR) is 113 cm³/mol. The molecule has 4 aromatic rings. The second-order valence-corrected chi connectivity index (χ2v) is 6.76. The number of para-hydroxylation sites is 1. The second-order valence-electron chi connectivity index (χ2n) is 6.76. The molecule has 1 amide bonds. The Bertz CT molecular complexity index is 1080. The quantitative estimate of drug-likeness (QED) is 0.495. The Balaban J connectivity index is 1.24. The number of anilines is 1. The molecule has 2 aromatic heterocycles. The number of pyridine rings is 1. The van der Waals surface area contributed by atoms with E-state index in [2.05, 4.69) is 21.4 Å². The van der Waals surface area contributed by atoms with E-state index in [0.29, 0.717) is 19.4 Å². The topological polar surface area (TPSA) is 69.0 Å². The molecule has 1 N–H and O–H groups in total. The van der Waals surface area contributed by atoms with Gasteiger partial charge < -0.3 is 14.6 Å². The number of fused-ring (bicyclic) bond motifs is 1. The van der Waals surface area contributed by atoms with Gasteiger partial charge in [0.2, 0.25) is 5.91 Å². The molecule has 0 fully saturated rings. The fourth-order valence-electron chi connectivity index (χ4n) is 3.06. The van der Waals surface area contributed by atoms with Crippen molar-refractivity contribution in [2.45, 2.75) is 19.4 Å². The average Bonchev–Trinajstić information content (AvgIpc) is 3.27. The van der Waals surface area contributed by atoms with Crippen molar-refractivity contribution in [2.24, 2.45) is 0 Å². The van der Waals surface area contributed by atoms with E-state index in [1.165, 1.54) is 0 Å². The van der Waals surface area contributed by atoms with Crippen LogP contribution in [0.4, 0.5) is 5.69 Å². The van der Waals surface area contributed by atoms with Gasteiger partial charge >= 0.3 is 0 Å². The molecule has 0 atom stereocenters. The van der Waals surface area contributed by atoms with E-state index in [1.54, 1.807) is 12.5 Å². The zero-order valence-electron chi connectivity index (χ0n) is 16.0. The van der Waals surface area contributed by atoms with Crippen LogP contribution in [0.1, 0.15) is 12.0 Å². The number of carbonyl (C=O) groups is 1. The van der Waals surface area contributed by atoms with Gasteiger partial charge in [0.25, 0.3) is 0 Å². The molecule has 2 heterocycles. The Morgan fingerprint density at radius 2 is 1.97 bits per heavy atom. The van der Waals surface area contributed by atoms with Crippen LogP contribution in [0.2, 0.25) is 0 Å². The SMILES string of the molecule is O=C(CCc1cnc2ccccc2c1)Nc1ccc(OCCn2ccnc2)cc1. The Morgan fingerprint density at radius 3 is 2.79 bits per heavy atom. The number of ether oxygens (including phenoxy) is 1. The minimum absolute atomic E-state index is 0.0214. The maximum absolute atomic E-state index is 12.3. The van der Waals surface area contributed by atoms with Crippen molar-refractivity contribution >= 4 is 22.5 Å². The molecule has 2 aromatic carbocycles. The van der Waals surface area contributed by atoms with E-state index in [9.17, 15) is 4.79 Å². The summed E-state index contributed by atoms with van der Waals surface area (Å²) < 4.78 is 7.67. The fourth-order valence-corrected chi connectivity index (χ4v) is 3.06. The van der Waals surface area contributed by atoms with Gasteiger partial charge in [0.15, 0.2) is 0 Å². The van der Waals surface area contributed by atoms with Gasteiger partial charge in [0.1, 0.15) is 12.4 Å². The maximum Gasteiger partial charge on any atom is 0.224 e. The number of imidazole rings is 1. The van der Waals surface area contributed by atoms with Crippen molar-refractivity contribution in [3.63, 3.8) is 0 Å². The number of hydrogen-bond acceptors (Lipinski definition) is 4. The molecule has 0 spiro atoms. The summed E-state index contributed by atoms with van der Waals surface area (Å²) in [6.45, 7) is 1.30. The summed E-state index contributed by atoms with van der Waals surface area (Å²) in [5, 5.41) is 4.02. The molecule has 6 nitrogen and oxygen atoms in total. The smallest absolute Gasteiger partial charge is 0.224 e. The molecule has 0 aliphatic rings. The lowest BCUT2D eigenvalue weighted by Gasteiger charge is -2.09. The summed E-state index contributed by atoms with van der Waals surface area (Å²) in [7, 11) is 0. The standard InChI is InChI=1S/C23H22N4O2/c28-23(10-5-18-15-19-3-1-2-4-22(19)25-16-18)26-20-6-8-21(9-7-20)29-14-13-27-12-11-24-17-27/h1-4,6-9,11-12,15-17H,5,10,13-14H2,(H,26,28). The van der Waals surface area contributed by atoms with E-state index in [4.69, 9.17) is 4.74 Å².